The van der Waals surface area contributed by atoms with E-state index in [1.54, 1.807) is 18.9 Å². The molecule has 2 heterocycles. The molecule has 4 nitrogen and oxygen atoms in total. The predicted octanol–water partition coefficient (Wildman–Crippen LogP) is 5.50. The van der Waals surface area contributed by atoms with Gasteiger partial charge >= 0.3 is 0 Å². The Kier molecular flexibility index (Phi) is 8.78. The third-order valence-electron chi connectivity index (χ3n) is 3.89. The minimum absolute atomic E-state index is 0. The van der Waals surface area contributed by atoms with Gasteiger partial charge in [-0.15, -0.1) is 24.2 Å². The van der Waals surface area contributed by atoms with Crippen molar-refractivity contribution in [3.63, 3.8) is 0 Å². The SMILES string of the molecule is COCCCCSc1ccnc(SCc2nc3ccccc3[nH]2)c1C.Cl. The van der Waals surface area contributed by atoms with Gasteiger partial charge in [0.2, 0.25) is 0 Å². The first-order chi connectivity index (χ1) is 12.3. The number of pyridine rings is 1. The van der Waals surface area contributed by atoms with Gasteiger partial charge in [0, 0.05) is 24.8 Å². The molecule has 0 saturated heterocycles. The third-order valence-corrected chi connectivity index (χ3v) is 6.24. The van der Waals surface area contributed by atoms with E-state index in [0.717, 1.165) is 46.4 Å². The van der Waals surface area contributed by atoms with E-state index in [9.17, 15) is 0 Å². The van der Waals surface area contributed by atoms with Crippen molar-refractivity contribution in [1.82, 2.24) is 15.0 Å². The molecule has 0 radical (unpaired) electrons. The molecule has 0 saturated carbocycles. The Labute approximate surface area is 169 Å². The summed E-state index contributed by atoms with van der Waals surface area (Å²) < 4.78 is 5.10. The molecule has 2 aromatic heterocycles. The number of H-pyrrole nitrogens is 1. The fourth-order valence-corrected chi connectivity index (χ4v) is 4.52. The molecule has 0 atom stereocenters. The van der Waals surface area contributed by atoms with Crippen LogP contribution in [0, 0.1) is 6.92 Å². The number of methoxy groups -OCH3 is 1. The molecule has 140 valence electrons. The Bertz CT molecular complexity index is 792. The van der Waals surface area contributed by atoms with Crippen LogP contribution in [0.3, 0.4) is 0 Å². The van der Waals surface area contributed by atoms with Crippen LogP contribution in [0.15, 0.2) is 46.5 Å². The molecule has 0 aliphatic rings. The molecule has 0 spiro atoms. The number of ether oxygens (including phenoxy) is 1. The van der Waals surface area contributed by atoms with Crippen LogP contribution in [0.25, 0.3) is 11.0 Å². The van der Waals surface area contributed by atoms with E-state index in [4.69, 9.17) is 4.74 Å². The Hall–Kier alpha value is -1.21. The number of aromatic nitrogens is 3. The van der Waals surface area contributed by atoms with Gasteiger partial charge in [0.05, 0.1) is 16.8 Å². The van der Waals surface area contributed by atoms with Crippen molar-refractivity contribution in [1.29, 1.82) is 0 Å². The maximum absolute atomic E-state index is 5.10. The standard InChI is InChI=1S/C19H23N3OS2.ClH/c1-14-17(24-12-6-5-11-23-2)9-10-20-19(14)25-13-18-21-15-7-3-4-8-16(15)22-18;/h3-4,7-10H,5-6,11-13H2,1-2H3,(H,21,22);1H. The lowest BCUT2D eigenvalue weighted by molar-refractivity contribution is 0.194. The minimum Gasteiger partial charge on any atom is -0.385 e. The highest BCUT2D eigenvalue weighted by atomic mass is 35.5. The summed E-state index contributed by atoms with van der Waals surface area (Å²) in [6.45, 7) is 3.00. The van der Waals surface area contributed by atoms with Gasteiger partial charge in [-0.25, -0.2) is 9.97 Å². The Balaban J connectivity index is 0.00000243. The molecule has 1 N–H and O–H groups in total. The summed E-state index contributed by atoms with van der Waals surface area (Å²) in [6.07, 6.45) is 4.19. The Morgan fingerprint density at radius 1 is 1.12 bits per heavy atom. The third kappa shape index (κ3) is 5.64. The summed E-state index contributed by atoms with van der Waals surface area (Å²) in [5, 5.41) is 1.09. The minimum atomic E-state index is 0. The summed E-state index contributed by atoms with van der Waals surface area (Å²) in [4.78, 5) is 13.9. The van der Waals surface area contributed by atoms with E-state index in [0.29, 0.717) is 0 Å². The normalized spacial score (nSPS) is 10.8. The molecule has 1 aromatic carbocycles. The topological polar surface area (TPSA) is 50.8 Å². The Morgan fingerprint density at radius 3 is 2.77 bits per heavy atom. The largest absolute Gasteiger partial charge is 0.385 e. The first-order valence-corrected chi connectivity index (χ1v) is 10.4. The number of nitrogens with zero attached hydrogens (tertiary/aromatic N) is 2. The summed E-state index contributed by atoms with van der Waals surface area (Å²) in [5.41, 5.74) is 3.37. The zero-order valence-corrected chi connectivity index (χ0v) is 17.5. The molecular formula is C19H24ClN3OS2. The number of para-hydroxylation sites is 2. The van der Waals surface area contributed by atoms with Gasteiger partial charge in [0.25, 0.3) is 0 Å². The molecule has 0 bridgehead atoms. The van der Waals surface area contributed by atoms with Gasteiger partial charge in [0.1, 0.15) is 10.9 Å². The number of imidazole rings is 1. The first kappa shape index (κ1) is 21.1. The van der Waals surface area contributed by atoms with Crippen molar-refractivity contribution in [2.75, 3.05) is 19.5 Å². The second-order valence-corrected chi connectivity index (χ2v) is 7.88. The number of fused-ring (bicyclic) bond motifs is 1. The van der Waals surface area contributed by atoms with Gasteiger partial charge < -0.3 is 9.72 Å². The second kappa shape index (κ2) is 10.8. The van der Waals surface area contributed by atoms with E-state index in [2.05, 4.69) is 34.0 Å². The molecule has 3 rings (SSSR count). The molecule has 0 aliphatic heterocycles. The van der Waals surface area contributed by atoms with Crippen LogP contribution < -0.4 is 0 Å². The van der Waals surface area contributed by atoms with E-state index < -0.39 is 0 Å². The number of hydrogen-bond donors (Lipinski definition) is 1. The highest BCUT2D eigenvalue weighted by Gasteiger charge is 2.09. The highest BCUT2D eigenvalue weighted by Crippen LogP contribution is 2.31. The molecule has 0 fully saturated rings. The van der Waals surface area contributed by atoms with Crippen molar-refractivity contribution in [2.45, 2.75) is 35.4 Å². The van der Waals surface area contributed by atoms with Gasteiger partial charge in [-0.05, 0) is 49.3 Å². The number of halogens is 1. The molecule has 0 amide bonds. The number of thioether (sulfide) groups is 2. The zero-order valence-electron chi connectivity index (χ0n) is 15.0. The average Bonchev–Trinajstić information content (AvgIpc) is 3.05. The second-order valence-electron chi connectivity index (χ2n) is 5.78. The summed E-state index contributed by atoms with van der Waals surface area (Å²) in [5.74, 6) is 2.90. The highest BCUT2D eigenvalue weighted by molar-refractivity contribution is 7.99. The van der Waals surface area contributed by atoms with Crippen LogP contribution in [0.1, 0.15) is 24.2 Å². The van der Waals surface area contributed by atoms with E-state index >= 15 is 0 Å². The van der Waals surface area contributed by atoms with Crippen molar-refractivity contribution >= 4 is 47.0 Å². The smallest absolute Gasteiger partial charge is 0.117 e. The molecule has 0 unspecified atom stereocenters. The number of rotatable bonds is 9. The number of aromatic amines is 1. The predicted molar refractivity (Wildman–Crippen MR) is 114 cm³/mol. The van der Waals surface area contributed by atoms with Crippen LogP contribution in [0.5, 0.6) is 0 Å². The van der Waals surface area contributed by atoms with Crippen LogP contribution in [-0.2, 0) is 10.5 Å². The monoisotopic (exact) mass is 409 g/mol. The van der Waals surface area contributed by atoms with Gasteiger partial charge in [0.15, 0.2) is 0 Å². The molecule has 26 heavy (non-hydrogen) atoms. The molecule has 7 heteroatoms. The zero-order chi connectivity index (χ0) is 17.5. The summed E-state index contributed by atoms with van der Waals surface area (Å²) in [7, 11) is 1.76. The fraction of sp³-hybridized carbons (Fsp3) is 0.368. The van der Waals surface area contributed by atoms with E-state index in [1.807, 2.05) is 36.2 Å². The quantitative estimate of drug-likeness (QED) is 0.373. The van der Waals surface area contributed by atoms with E-state index in [-0.39, 0.29) is 12.4 Å². The number of unbranched alkanes of at least 4 members (excludes halogenated alkanes) is 1. The van der Waals surface area contributed by atoms with Crippen molar-refractivity contribution in [3.8, 4) is 0 Å². The van der Waals surface area contributed by atoms with Gasteiger partial charge in [-0.2, -0.15) is 0 Å². The van der Waals surface area contributed by atoms with Gasteiger partial charge in [-0.3, -0.25) is 0 Å². The molecule has 3 aromatic rings. The van der Waals surface area contributed by atoms with Crippen LogP contribution >= 0.6 is 35.9 Å². The molecule has 0 aliphatic carbocycles. The lowest BCUT2D eigenvalue weighted by Crippen LogP contribution is -1.93. The number of hydrogen-bond acceptors (Lipinski definition) is 5. The number of nitrogens with one attached hydrogen (secondary N) is 1. The summed E-state index contributed by atoms with van der Waals surface area (Å²) in [6, 6.07) is 10.2. The maximum atomic E-state index is 5.10. The van der Waals surface area contributed by atoms with Crippen molar-refractivity contribution in [2.24, 2.45) is 0 Å². The first-order valence-electron chi connectivity index (χ1n) is 8.41. The average molecular weight is 410 g/mol. The lowest BCUT2D eigenvalue weighted by atomic mass is 10.3. The number of benzene rings is 1. The maximum Gasteiger partial charge on any atom is 0.117 e. The Morgan fingerprint density at radius 2 is 1.96 bits per heavy atom. The van der Waals surface area contributed by atoms with Crippen LogP contribution in [-0.4, -0.2) is 34.4 Å². The van der Waals surface area contributed by atoms with Crippen molar-refractivity contribution < 1.29 is 4.74 Å². The van der Waals surface area contributed by atoms with Gasteiger partial charge in [-0.1, -0.05) is 23.9 Å². The summed E-state index contributed by atoms with van der Waals surface area (Å²) >= 11 is 3.64. The van der Waals surface area contributed by atoms with Crippen molar-refractivity contribution in [3.05, 3.63) is 47.9 Å². The lowest BCUT2D eigenvalue weighted by Gasteiger charge is -2.09. The van der Waals surface area contributed by atoms with E-state index in [1.165, 1.54) is 16.9 Å². The molecular weight excluding hydrogens is 386 g/mol. The fourth-order valence-electron chi connectivity index (χ4n) is 2.54. The van der Waals surface area contributed by atoms with Crippen LogP contribution in [0.2, 0.25) is 0 Å². The van der Waals surface area contributed by atoms with Crippen LogP contribution in [0.4, 0.5) is 0 Å².